The van der Waals surface area contributed by atoms with Crippen LogP contribution in [0.2, 0.25) is 10.6 Å². The van der Waals surface area contributed by atoms with Gasteiger partial charge >= 0.3 is 14.5 Å². The summed E-state index contributed by atoms with van der Waals surface area (Å²) in [6, 6.07) is 0. The van der Waals surface area contributed by atoms with Crippen LogP contribution in [0.3, 0.4) is 0 Å². The molecule has 1 aliphatic carbocycles. The molecule has 2 heteroatoms. The van der Waals surface area contributed by atoms with Gasteiger partial charge in [-0.05, 0) is 12.3 Å². The molecule has 1 heterocycles. The Kier molecular flexibility index (Phi) is 3.05. The van der Waals surface area contributed by atoms with Crippen molar-refractivity contribution in [3.63, 3.8) is 0 Å². The quantitative estimate of drug-likeness (QED) is 0.590. The Morgan fingerprint density at radius 2 is 2.08 bits per heavy atom. The molecule has 0 atom stereocenters. The van der Waals surface area contributed by atoms with Crippen molar-refractivity contribution in [3.8, 4) is 0 Å². The molecule has 12 heavy (non-hydrogen) atoms. The summed E-state index contributed by atoms with van der Waals surface area (Å²) in [5, 5.41) is 2.73. The van der Waals surface area contributed by atoms with Crippen LogP contribution in [0.5, 0.6) is 0 Å². The van der Waals surface area contributed by atoms with E-state index in [0.717, 1.165) is 6.61 Å². The van der Waals surface area contributed by atoms with E-state index in [9.17, 15) is 0 Å². The Morgan fingerprint density at radius 3 is 2.75 bits per heavy atom. The van der Waals surface area contributed by atoms with Crippen molar-refractivity contribution in [2.75, 3.05) is 6.61 Å². The summed E-state index contributed by atoms with van der Waals surface area (Å²) in [5.41, 5.74) is 0. The maximum Gasteiger partial charge on any atom is 0.461 e. The van der Waals surface area contributed by atoms with E-state index >= 15 is 0 Å². The normalized spacial score (nSPS) is 23.8. The predicted molar refractivity (Wildman–Crippen MR) is 52.3 cm³/mol. The van der Waals surface area contributed by atoms with Gasteiger partial charge in [-0.1, -0.05) is 41.3 Å². The molecule has 64 valence electrons. The number of hydrogen-bond donors (Lipinski definition) is 0. The van der Waals surface area contributed by atoms with Crippen LogP contribution >= 0.6 is 0 Å². The van der Waals surface area contributed by atoms with E-state index < -0.39 is 14.5 Å². The zero-order valence-corrected chi connectivity index (χ0v) is 8.56. The summed E-state index contributed by atoms with van der Waals surface area (Å²) in [4.78, 5) is 0. The highest BCUT2D eigenvalue weighted by molar-refractivity contribution is 6.52. The first-order valence-corrected chi connectivity index (χ1v) is 7.02. The minimum Gasteiger partial charge on any atom is -0.501 e. The van der Waals surface area contributed by atoms with Crippen LogP contribution in [-0.4, -0.2) is 21.1 Å². The third-order valence-electron chi connectivity index (χ3n) is 2.64. The van der Waals surface area contributed by atoms with Gasteiger partial charge in [0.05, 0.1) is 0 Å². The number of allylic oxidation sites excluding steroid dienone is 4. The third kappa shape index (κ3) is 2.23. The monoisotopic (exact) mass is 178 g/mol. The number of hydrogen-bond acceptors (Lipinski definition) is 1. The largest absolute Gasteiger partial charge is 0.501 e. The second kappa shape index (κ2) is 4.28. The molecule has 0 N–H and O–H groups in total. The summed E-state index contributed by atoms with van der Waals surface area (Å²) < 4.78 is 5.81. The first-order chi connectivity index (χ1) is 5.95. The van der Waals surface area contributed by atoms with E-state index in [-0.39, 0.29) is 0 Å². The minimum absolute atomic E-state index is 0.708. The minimum atomic E-state index is -0.782. The average molecular weight is 178 g/mol. The van der Waals surface area contributed by atoms with Gasteiger partial charge in [0.15, 0.2) is 0 Å². The Hall–Kier alpha value is -0.0275. The molecule has 1 fully saturated rings. The molecule has 0 radical (unpaired) electrons. The second-order valence-electron chi connectivity index (χ2n) is 3.66. The zero-order chi connectivity index (χ0) is 8.23. The van der Waals surface area contributed by atoms with E-state index in [0.29, 0.717) is 5.92 Å². The molecule has 2 rings (SSSR count). The summed E-state index contributed by atoms with van der Waals surface area (Å²) >= 11 is -0.782. The van der Waals surface area contributed by atoms with Crippen molar-refractivity contribution in [2.24, 2.45) is 5.92 Å². The Balaban J connectivity index is 1.77. The molecule has 1 aliphatic heterocycles. The maximum absolute atomic E-state index is 5.81. The molecule has 0 spiro atoms. The van der Waals surface area contributed by atoms with Crippen LogP contribution in [0.15, 0.2) is 24.3 Å². The third-order valence-corrected chi connectivity index (χ3v) is 5.47. The van der Waals surface area contributed by atoms with Crippen LogP contribution in [0.4, 0.5) is 0 Å². The zero-order valence-electron chi connectivity index (χ0n) is 7.41. The van der Waals surface area contributed by atoms with E-state index in [1.54, 1.807) is 0 Å². The SMILES string of the molecule is C1=CC([CH2][Al]2[CH2]CCC[O]2)C=C1. The van der Waals surface area contributed by atoms with Crippen LogP contribution in [0.25, 0.3) is 0 Å². The highest BCUT2D eigenvalue weighted by atomic mass is 27.2. The van der Waals surface area contributed by atoms with Gasteiger partial charge < -0.3 is 3.79 Å². The number of rotatable bonds is 2. The Bertz CT molecular complexity index is 180. The van der Waals surface area contributed by atoms with Gasteiger partial charge in [0.2, 0.25) is 0 Å². The van der Waals surface area contributed by atoms with Crippen molar-refractivity contribution in [3.05, 3.63) is 24.3 Å². The summed E-state index contributed by atoms with van der Waals surface area (Å²) in [6.07, 6.45) is 11.6. The molecule has 0 aromatic rings. The van der Waals surface area contributed by atoms with Gasteiger partial charge in [0, 0.05) is 6.61 Å². The molecule has 2 aliphatic rings. The molecule has 0 bridgehead atoms. The van der Waals surface area contributed by atoms with Gasteiger partial charge in [-0.15, -0.1) is 0 Å². The lowest BCUT2D eigenvalue weighted by molar-refractivity contribution is 0.285. The molecule has 0 amide bonds. The fourth-order valence-electron chi connectivity index (χ4n) is 1.93. The standard InChI is InChI=1S/C6H7.C4H8O.Al/c1-6-4-2-3-5-6;1-2-3-4-5;/h2-6H,1H2;1-4H2;/q;-1;+1. The van der Waals surface area contributed by atoms with Gasteiger partial charge in [-0.3, -0.25) is 0 Å². The molecule has 0 unspecified atom stereocenters. The van der Waals surface area contributed by atoms with Gasteiger partial charge in [-0.2, -0.15) is 0 Å². The first kappa shape index (κ1) is 8.57. The molecule has 0 aromatic heterocycles. The van der Waals surface area contributed by atoms with Crippen molar-refractivity contribution in [1.29, 1.82) is 0 Å². The van der Waals surface area contributed by atoms with E-state index in [1.807, 2.05) is 0 Å². The van der Waals surface area contributed by atoms with Crippen molar-refractivity contribution >= 4 is 14.5 Å². The van der Waals surface area contributed by atoms with E-state index in [1.165, 1.54) is 23.4 Å². The summed E-state index contributed by atoms with van der Waals surface area (Å²) in [7, 11) is 0. The fourth-order valence-corrected chi connectivity index (χ4v) is 4.64. The Morgan fingerprint density at radius 1 is 1.25 bits per heavy atom. The smallest absolute Gasteiger partial charge is 0.461 e. The van der Waals surface area contributed by atoms with E-state index in [2.05, 4.69) is 24.3 Å². The molecule has 1 saturated heterocycles. The van der Waals surface area contributed by atoms with Crippen molar-refractivity contribution < 1.29 is 3.79 Å². The van der Waals surface area contributed by atoms with Gasteiger partial charge in [-0.25, -0.2) is 0 Å². The summed E-state index contributed by atoms with van der Waals surface area (Å²) in [5.74, 6) is 0.708. The highest BCUT2D eigenvalue weighted by Gasteiger charge is 2.25. The topological polar surface area (TPSA) is 9.23 Å². The van der Waals surface area contributed by atoms with Gasteiger partial charge in [0.1, 0.15) is 0 Å². The molecular formula is C10H15AlO. The lowest BCUT2D eigenvalue weighted by Gasteiger charge is -2.19. The second-order valence-corrected chi connectivity index (χ2v) is 6.28. The highest BCUT2D eigenvalue weighted by Crippen LogP contribution is 2.22. The van der Waals surface area contributed by atoms with Gasteiger partial charge in [0.25, 0.3) is 0 Å². The lowest BCUT2D eigenvalue weighted by Crippen LogP contribution is -2.24. The van der Waals surface area contributed by atoms with Crippen molar-refractivity contribution in [1.82, 2.24) is 0 Å². The van der Waals surface area contributed by atoms with Crippen LogP contribution in [-0.2, 0) is 3.79 Å². The van der Waals surface area contributed by atoms with Crippen molar-refractivity contribution in [2.45, 2.75) is 23.4 Å². The first-order valence-electron chi connectivity index (χ1n) is 4.92. The van der Waals surface area contributed by atoms with Crippen LogP contribution in [0, 0.1) is 5.92 Å². The van der Waals surface area contributed by atoms with E-state index in [4.69, 9.17) is 3.79 Å². The average Bonchev–Trinajstić information content (AvgIpc) is 2.59. The molecule has 0 saturated carbocycles. The Labute approximate surface area is 78.8 Å². The predicted octanol–water partition coefficient (Wildman–Crippen LogP) is 2.53. The lowest BCUT2D eigenvalue weighted by atomic mass is 10.2. The molecular weight excluding hydrogens is 163 g/mol. The molecule has 0 aromatic carbocycles. The molecule has 1 nitrogen and oxygen atoms in total. The van der Waals surface area contributed by atoms with Crippen LogP contribution in [0.1, 0.15) is 12.8 Å². The fraction of sp³-hybridized carbons (Fsp3) is 0.600. The maximum atomic E-state index is 5.81. The summed E-state index contributed by atoms with van der Waals surface area (Å²) in [6.45, 7) is 1.04. The van der Waals surface area contributed by atoms with Crippen LogP contribution < -0.4 is 0 Å².